The van der Waals surface area contributed by atoms with E-state index >= 15 is 0 Å². The molecule has 27 heavy (non-hydrogen) atoms. The summed E-state index contributed by atoms with van der Waals surface area (Å²) in [7, 11) is 0. The highest BCUT2D eigenvalue weighted by Crippen LogP contribution is 2.28. The average molecular weight is 396 g/mol. The maximum Gasteiger partial charge on any atom is 0.227 e. The van der Waals surface area contributed by atoms with Crippen LogP contribution in [0, 0.1) is 17.7 Å². The van der Waals surface area contributed by atoms with E-state index in [9.17, 15) is 14.0 Å². The summed E-state index contributed by atoms with van der Waals surface area (Å²) in [4.78, 5) is 26.9. The van der Waals surface area contributed by atoms with Crippen LogP contribution in [-0.4, -0.2) is 35.8 Å². The first-order chi connectivity index (χ1) is 12.9. The predicted octanol–water partition coefficient (Wildman–Crippen LogP) is 3.56. The number of hydrogen-bond donors (Lipinski definition) is 2. The van der Waals surface area contributed by atoms with Crippen molar-refractivity contribution in [3.05, 3.63) is 29.0 Å². The standard InChI is InChI=1S/C20H27ClFN3O2/c21-16-12-14(5-6-17(16)22)24-19(26)11-13-7-9-25(10-8-13)20(27)15-3-1-2-4-18(15)23/h5-6,12-13,15,18H,1-4,7-11,23H2,(H,24,26)/t15-,18-/m0/s1. The summed E-state index contributed by atoms with van der Waals surface area (Å²) in [5.41, 5.74) is 6.63. The zero-order valence-electron chi connectivity index (χ0n) is 15.4. The number of piperidine rings is 1. The molecule has 2 aliphatic rings. The van der Waals surface area contributed by atoms with E-state index in [1.54, 1.807) is 0 Å². The van der Waals surface area contributed by atoms with Gasteiger partial charge >= 0.3 is 0 Å². The van der Waals surface area contributed by atoms with Gasteiger partial charge in [-0.05, 0) is 49.8 Å². The van der Waals surface area contributed by atoms with Crippen LogP contribution in [0.2, 0.25) is 5.02 Å². The van der Waals surface area contributed by atoms with Gasteiger partial charge in [0.25, 0.3) is 0 Å². The van der Waals surface area contributed by atoms with E-state index in [1.807, 2.05) is 4.90 Å². The minimum absolute atomic E-state index is 0.0134. The monoisotopic (exact) mass is 395 g/mol. The number of rotatable bonds is 4. The van der Waals surface area contributed by atoms with E-state index in [2.05, 4.69) is 5.32 Å². The molecule has 2 fully saturated rings. The van der Waals surface area contributed by atoms with E-state index in [0.29, 0.717) is 25.2 Å². The topological polar surface area (TPSA) is 75.4 Å². The summed E-state index contributed by atoms with van der Waals surface area (Å²) in [6.07, 6.45) is 6.02. The smallest absolute Gasteiger partial charge is 0.227 e. The molecular formula is C20H27ClFN3O2. The molecule has 0 spiro atoms. The van der Waals surface area contributed by atoms with Crippen molar-refractivity contribution in [1.82, 2.24) is 4.90 Å². The third-order valence-electron chi connectivity index (χ3n) is 5.74. The Hall–Kier alpha value is -1.66. The Balaban J connectivity index is 1.45. The van der Waals surface area contributed by atoms with Crippen molar-refractivity contribution in [1.29, 1.82) is 0 Å². The SMILES string of the molecule is N[C@H]1CCCC[C@@H]1C(=O)N1CCC(CC(=O)Nc2ccc(F)c(Cl)c2)CC1. The van der Waals surface area contributed by atoms with Crippen LogP contribution in [0.5, 0.6) is 0 Å². The second kappa shape index (κ2) is 9.02. The third kappa shape index (κ3) is 5.20. The molecule has 0 aromatic heterocycles. The summed E-state index contributed by atoms with van der Waals surface area (Å²) < 4.78 is 13.2. The molecule has 2 amide bonds. The predicted molar refractivity (Wildman–Crippen MR) is 104 cm³/mol. The van der Waals surface area contributed by atoms with Crippen molar-refractivity contribution in [2.75, 3.05) is 18.4 Å². The molecule has 3 N–H and O–H groups in total. The van der Waals surface area contributed by atoms with Crippen molar-refractivity contribution in [2.45, 2.75) is 51.0 Å². The molecular weight excluding hydrogens is 369 g/mol. The first-order valence-electron chi connectivity index (χ1n) is 9.73. The van der Waals surface area contributed by atoms with Gasteiger partial charge in [-0.15, -0.1) is 0 Å². The minimum Gasteiger partial charge on any atom is -0.342 e. The van der Waals surface area contributed by atoms with Crippen LogP contribution in [0.3, 0.4) is 0 Å². The molecule has 1 aromatic carbocycles. The quantitative estimate of drug-likeness (QED) is 0.818. The lowest BCUT2D eigenvalue weighted by atomic mass is 9.83. The van der Waals surface area contributed by atoms with E-state index in [0.717, 1.165) is 38.5 Å². The Labute approximate surface area is 164 Å². The number of carbonyl (C=O) groups excluding carboxylic acids is 2. The Morgan fingerprint density at radius 1 is 1.19 bits per heavy atom. The summed E-state index contributed by atoms with van der Waals surface area (Å²) in [6.45, 7) is 1.37. The highest BCUT2D eigenvalue weighted by molar-refractivity contribution is 6.31. The van der Waals surface area contributed by atoms with Crippen LogP contribution < -0.4 is 11.1 Å². The molecule has 1 aromatic rings. The zero-order chi connectivity index (χ0) is 19.4. The zero-order valence-corrected chi connectivity index (χ0v) is 16.2. The molecule has 1 aliphatic heterocycles. The minimum atomic E-state index is -0.510. The second-order valence-corrected chi connectivity index (χ2v) is 8.11. The van der Waals surface area contributed by atoms with Crippen molar-refractivity contribution >= 4 is 29.1 Å². The van der Waals surface area contributed by atoms with E-state index < -0.39 is 5.82 Å². The van der Waals surface area contributed by atoms with Gasteiger partial charge in [0.05, 0.1) is 10.9 Å². The average Bonchev–Trinajstić information content (AvgIpc) is 2.65. The number of benzene rings is 1. The van der Waals surface area contributed by atoms with Crippen molar-refractivity contribution in [3.8, 4) is 0 Å². The highest BCUT2D eigenvalue weighted by Gasteiger charge is 2.33. The van der Waals surface area contributed by atoms with Crippen LogP contribution in [0.25, 0.3) is 0 Å². The van der Waals surface area contributed by atoms with Crippen LogP contribution in [0.15, 0.2) is 18.2 Å². The number of carbonyl (C=O) groups is 2. The fraction of sp³-hybridized carbons (Fsp3) is 0.600. The molecule has 2 atom stereocenters. The summed E-state index contributed by atoms with van der Waals surface area (Å²) in [5.74, 6) is -0.237. The first kappa shape index (κ1) is 20.1. The largest absolute Gasteiger partial charge is 0.342 e. The number of nitrogens with one attached hydrogen (secondary N) is 1. The fourth-order valence-corrected chi connectivity index (χ4v) is 4.29. The molecule has 0 unspecified atom stereocenters. The molecule has 148 valence electrons. The van der Waals surface area contributed by atoms with E-state index in [4.69, 9.17) is 17.3 Å². The fourth-order valence-electron chi connectivity index (χ4n) is 4.11. The molecule has 0 radical (unpaired) electrons. The van der Waals surface area contributed by atoms with Gasteiger partial charge < -0.3 is 16.0 Å². The summed E-state index contributed by atoms with van der Waals surface area (Å²) in [5, 5.41) is 2.75. The summed E-state index contributed by atoms with van der Waals surface area (Å²) in [6, 6.07) is 4.12. The van der Waals surface area contributed by atoms with Crippen LogP contribution in [0.1, 0.15) is 44.9 Å². The maximum atomic E-state index is 13.2. The molecule has 1 saturated carbocycles. The third-order valence-corrected chi connectivity index (χ3v) is 6.03. The lowest BCUT2D eigenvalue weighted by Crippen LogP contribution is -2.48. The number of hydrogen-bond acceptors (Lipinski definition) is 3. The molecule has 0 bridgehead atoms. The Bertz CT molecular complexity index is 692. The Morgan fingerprint density at radius 2 is 1.89 bits per heavy atom. The van der Waals surface area contributed by atoms with Crippen molar-refractivity contribution in [3.63, 3.8) is 0 Å². The number of amides is 2. The molecule has 7 heteroatoms. The number of anilines is 1. The van der Waals surface area contributed by atoms with Crippen LogP contribution >= 0.6 is 11.6 Å². The van der Waals surface area contributed by atoms with Gasteiger partial charge in [0.1, 0.15) is 5.82 Å². The van der Waals surface area contributed by atoms with Gasteiger partial charge in [0.2, 0.25) is 11.8 Å². The molecule has 3 rings (SSSR count). The van der Waals surface area contributed by atoms with Gasteiger partial charge in [-0.2, -0.15) is 0 Å². The lowest BCUT2D eigenvalue weighted by molar-refractivity contribution is -0.138. The van der Waals surface area contributed by atoms with Gasteiger partial charge in [-0.1, -0.05) is 24.4 Å². The Kier molecular flexibility index (Phi) is 6.71. The van der Waals surface area contributed by atoms with Gasteiger partial charge in [-0.25, -0.2) is 4.39 Å². The Morgan fingerprint density at radius 3 is 2.56 bits per heavy atom. The number of likely N-dealkylation sites (tertiary alicyclic amines) is 1. The number of nitrogens with zero attached hydrogens (tertiary/aromatic N) is 1. The van der Waals surface area contributed by atoms with Gasteiger partial charge in [0, 0.05) is 31.2 Å². The lowest BCUT2D eigenvalue weighted by Gasteiger charge is -2.37. The van der Waals surface area contributed by atoms with Crippen molar-refractivity contribution < 1.29 is 14.0 Å². The molecule has 1 aliphatic carbocycles. The molecule has 5 nitrogen and oxygen atoms in total. The number of halogens is 2. The van der Waals surface area contributed by atoms with Gasteiger partial charge in [0.15, 0.2) is 0 Å². The number of nitrogens with two attached hydrogens (primary N) is 1. The normalized spacial score (nSPS) is 23.9. The maximum absolute atomic E-state index is 13.2. The van der Waals surface area contributed by atoms with E-state index in [-0.39, 0.29) is 34.7 Å². The molecule has 1 saturated heterocycles. The molecule has 1 heterocycles. The van der Waals surface area contributed by atoms with Crippen LogP contribution in [-0.2, 0) is 9.59 Å². The summed E-state index contributed by atoms with van der Waals surface area (Å²) >= 11 is 5.74. The highest BCUT2D eigenvalue weighted by atomic mass is 35.5. The second-order valence-electron chi connectivity index (χ2n) is 7.70. The van der Waals surface area contributed by atoms with E-state index in [1.165, 1.54) is 18.2 Å². The first-order valence-corrected chi connectivity index (χ1v) is 10.1. The van der Waals surface area contributed by atoms with Crippen molar-refractivity contribution in [2.24, 2.45) is 17.6 Å². The van der Waals surface area contributed by atoms with Gasteiger partial charge in [-0.3, -0.25) is 9.59 Å². The van der Waals surface area contributed by atoms with Crippen LogP contribution in [0.4, 0.5) is 10.1 Å².